The van der Waals surface area contributed by atoms with E-state index in [-0.39, 0.29) is 17.5 Å². The maximum absolute atomic E-state index is 12.3. The van der Waals surface area contributed by atoms with Gasteiger partial charge in [-0.1, -0.05) is 26.2 Å². The molecule has 0 aromatic rings. The van der Waals surface area contributed by atoms with Gasteiger partial charge in [-0.3, -0.25) is 9.69 Å². The summed E-state index contributed by atoms with van der Waals surface area (Å²) in [5.41, 5.74) is 6.13. The van der Waals surface area contributed by atoms with Crippen molar-refractivity contribution in [2.24, 2.45) is 5.73 Å². The van der Waals surface area contributed by atoms with Crippen LogP contribution in [0.5, 0.6) is 0 Å². The highest BCUT2D eigenvalue weighted by Gasteiger charge is 2.36. The summed E-state index contributed by atoms with van der Waals surface area (Å²) in [4.78, 5) is 14.7. The van der Waals surface area contributed by atoms with Crippen molar-refractivity contribution in [1.82, 2.24) is 10.2 Å². The maximum Gasteiger partial charge on any atom is 0.234 e. The lowest BCUT2D eigenvalue weighted by atomic mass is 9.80. The van der Waals surface area contributed by atoms with E-state index in [4.69, 9.17) is 10.5 Å². The number of hydrogen-bond donors (Lipinski definition) is 2. The first-order valence-corrected chi connectivity index (χ1v) is 8.52. The van der Waals surface area contributed by atoms with E-state index in [2.05, 4.69) is 17.1 Å². The average Bonchev–Trinajstić information content (AvgIpc) is 2.54. The van der Waals surface area contributed by atoms with Crippen molar-refractivity contribution in [3.8, 4) is 0 Å². The van der Waals surface area contributed by atoms with E-state index in [1.54, 1.807) is 0 Å². The average molecular weight is 297 g/mol. The summed E-state index contributed by atoms with van der Waals surface area (Å²) in [6, 6.07) is 0.283. The van der Waals surface area contributed by atoms with Crippen molar-refractivity contribution in [3.05, 3.63) is 0 Å². The second-order valence-electron chi connectivity index (χ2n) is 6.46. The minimum Gasteiger partial charge on any atom is -0.381 e. The van der Waals surface area contributed by atoms with Gasteiger partial charge in [0.2, 0.25) is 5.91 Å². The summed E-state index contributed by atoms with van der Waals surface area (Å²) < 4.78 is 5.33. The Kier molecular flexibility index (Phi) is 6.45. The summed E-state index contributed by atoms with van der Waals surface area (Å²) in [6.07, 6.45) is 7.88. The number of nitrogens with two attached hydrogens (primary N) is 1. The van der Waals surface area contributed by atoms with Crippen LogP contribution in [-0.4, -0.2) is 55.2 Å². The molecule has 5 heteroatoms. The van der Waals surface area contributed by atoms with Crippen LogP contribution in [0, 0.1) is 0 Å². The summed E-state index contributed by atoms with van der Waals surface area (Å²) in [5, 5.41) is 3.16. The van der Waals surface area contributed by atoms with E-state index in [9.17, 15) is 4.79 Å². The van der Waals surface area contributed by atoms with Crippen LogP contribution >= 0.6 is 0 Å². The molecule has 2 aliphatic rings. The van der Waals surface area contributed by atoms with E-state index >= 15 is 0 Å². The van der Waals surface area contributed by atoms with Gasteiger partial charge in [0.15, 0.2) is 0 Å². The van der Waals surface area contributed by atoms with Crippen molar-refractivity contribution in [2.45, 2.75) is 63.5 Å². The molecule has 0 bridgehead atoms. The molecule has 0 unspecified atom stereocenters. The number of nitrogens with zero attached hydrogens (tertiary/aromatic N) is 1. The molecule has 5 nitrogen and oxygen atoms in total. The molecule has 1 amide bonds. The molecule has 0 aromatic heterocycles. The number of amides is 1. The van der Waals surface area contributed by atoms with Crippen molar-refractivity contribution in [1.29, 1.82) is 0 Å². The van der Waals surface area contributed by atoms with Crippen molar-refractivity contribution in [3.63, 3.8) is 0 Å². The zero-order chi connectivity index (χ0) is 15.1. The summed E-state index contributed by atoms with van der Waals surface area (Å²) in [5.74, 6) is 0.141. The van der Waals surface area contributed by atoms with E-state index in [0.29, 0.717) is 13.1 Å². The van der Waals surface area contributed by atoms with E-state index in [0.717, 1.165) is 45.4 Å². The third kappa shape index (κ3) is 4.41. The van der Waals surface area contributed by atoms with Crippen LogP contribution in [0.1, 0.15) is 51.9 Å². The second kappa shape index (κ2) is 8.11. The molecule has 2 fully saturated rings. The topological polar surface area (TPSA) is 67.6 Å². The minimum absolute atomic E-state index is 0.0417. The molecule has 1 aliphatic carbocycles. The van der Waals surface area contributed by atoms with E-state index < -0.39 is 0 Å². The highest BCUT2D eigenvalue weighted by molar-refractivity contribution is 5.78. The van der Waals surface area contributed by atoms with Crippen LogP contribution in [0.2, 0.25) is 0 Å². The summed E-state index contributed by atoms with van der Waals surface area (Å²) >= 11 is 0. The first kappa shape index (κ1) is 16.7. The van der Waals surface area contributed by atoms with E-state index in [1.165, 1.54) is 19.3 Å². The number of hydrogen-bond acceptors (Lipinski definition) is 4. The van der Waals surface area contributed by atoms with Gasteiger partial charge in [-0.2, -0.15) is 0 Å². The Labute approximate surface area is 128 Å². The molecular weight excluding hydrogens is 266 g/mol. The smallest absolute Gasteiger partial charge is 0.234 e. The first-order valence-electron chi connectivity index (χ1n) is 8.52. The molecule has 1 heterocycles. The van der Waals surface area contributed by atoms with Crippen LogP contribution in [0.4, 0.5) is 0 Å². The van der Waals surface area contributed by atoms with Crippen LogP contribution in [0.3, 0.4) is 0 Å². The lowest BCUT2D eigenvalue weighted by molar-refractivity contribution is -0.125. The molecule has 1 aliphatic heterocycles. The van der Waals surface area contributed by atoms with Gasteiger partial charge in [-0.05, 0) is 32.2 Å². The van der Waals surface area contributed by atoms with Gasteiger partial charge in [0.25, 0.3) is 0 Å². The Morgan fingerprint density at radius 3 is 2.52 bits per heavy atom. The molecule has 21 heavy (non-hydrogen) atoms. The fourth-order valence-corrected chi connectivity index (χ4v) is 3.76. The quantitative estimate of drug-likeness (QED) is 0.774. The summed E-state index contributed by atoms with van der Waals surface area (Å²) in [7, 11) is 0. The van der Waals surface area contributed by atoms with Crippen molar-refractivity contribution >= 4 is 5.91 Å². The fourth-order valence-electron chi connectivity index (χ4n) is 3.76. The SMILES string of the molecule is CCN(CC(=O)NC1CCOCC1)C1(CN)CCCCC1. The number of rotatable bonds is 6. The van der Waals surface area contributed by atoms with Crippen molar-refractivity contribution in [2.75, 3.05) is 32.8 Å². The molecule has 3 N–H and O–H groups in total. The summed E-state index contributed by atoms with van der Waals surface area (Å²) in [6.45, 7) is 5.67. The zero-order valence-electron chi connectivity index (χ0n) is 13.4. The number of nitrogens with one attached hydrogen (secondary N) is 1. The molecule has 0 aromatic carbocycles. The second-order valence-corrected chi connectivity index (χ2v) is 6.46. The van der Waals surface area contributed by atoms with Gasteiger partial charge in [0, 0.05) is 31.3 Å². The lowest BCUT2D eigenvalue weighted by Crippen LogP contribution is -2.58. The number of ether oxygens (including phenoxy) is 1. The number of carbonyl (C=O) groups excluding carboxylic acids is 1. The molecule has 1 saturated carbocycles. The molecule has 0 radical (unpaired) electrons. The van der Waals surface area contributed by atoms with Crippen molar-refractivity contribution < 1.29 is 9.53 Å². The highest BCUT2D eigenvalue weighted by atomic mass is 16.5. The van der Waals surface area contributed by atoms with Gasteiger partial charge in [0.05, 0.1) is 6.54 Å². The van der Waals surface area contributed by atoms with Gasteiger partial charge >= 0.3 is 0 Å². The van der Waals surface area contributed by atoms with Gasteiger partial charge in [-0.25, -0.2) is 0 Å². The fraction of sp³-hybridized carbons (Fsp3) is 0.938. The maximum atomic E-state index is 12.3. The molecule has 0 atom stereocenters. The Morgan fingerprint density at radius 1 is 1.29 bits per heavy atom. The van der Waals surface area contributed by atoms with E-state index in [1.807, 2.05) is 0 Å². The van der Waals surface area contributed by atoms with Crippen LogP contribution < -0.4 is 11.1 Å². The predicted octanol–water partition coefficient (Wildman–Crippen LogP) is 1.27. The Bertz CT molecular complexity index is 323. The molecule has 122 valence electrons. The lowest BCUT2D eigenvalue weighted by Gasteiger charge is -2.45. The Hall–Kier alpha value is -0.650. The van der Waals surface area contributed by atoms with Crippen LogP contribution in [-0.2, 0) is 9.53 Å². The van der Waals surface area contributed by atoms with Crippen LogP contribution in [0.25, 0.3) is 0 Å². The molecule has 0 spiro atoms. The van der Waals surface area contributed by atoms with Crippen LogP contribution in [0.15, 0.2) is 0 Å². The number of carbonyl (C=O) groups is 1. The normalized spacial score (nSPS) is 23.2. The third-order valence-electron chi connectivity index (χ3n) is 5.14. The van der Waals surface area contributed by atoms with Gasteiger partial charge in [0.1, 0.15) is 0 Å². The third-order valence-corrected chi connectivity index (χ3v) is 5.14. The molecule has 2 rings (SSSR count). The molecular formula is C16H31N3O2. The van der Waals surface area contributed by atoms with Gasteiger partial charge in [-0.15, -0.1) is 0 Å². The minimum atomic E-state index is 0.0417. The monoisotopic (exact) mass is 297 g/mol. The predicted molar refractivity (Wildman–Crippen MR) is 84.1 cm³/mol. The standard InChI is InChI=1S/C16H31N3O2/c1-2-19(16(13-17)8-4-3-5-9-16)12-15(20)18-14-6-10-21-11-7-14/h14H,2-13,17H2,1H3,(H,18,20). The zero-order valence-corrected chi connectivity index (χ0v) is 13.4. The molecule has 1 saturated heterocycles. The van der Waals surface area contributed by atoms with Gasteiger partial charge < -0.3 is 15.8 Å². The largest absolute Gasteiger partial charge is 0.381 e. The Balaban J connectivity index is 1.89. The Morgan fingerprint density at radius 2 is 1.95 bits per heavy atom. The first-order chi connectivity index (χ1) is 10.2. The number of likely N-dealkylation sites (N-methyl/N-ethyl adjacent to an activating group) is 1. The highest BCUT2D eigenvalue weighted by Crippen LogP contribution is 2.32.